The fourth-order valence-electron chi connectivity index (χ4n) is 1.92. The second kappa shape index (κ2) is 7.26. The summed E-state index contributed by atoms with van der Waals surface area (Å²) in [5.41, 5.74) is 1.42. The van der Waals surface area contributed by atoms with E-state index >= 15 is 0 Å². The molecule has 2 aromatic carbocycles. The number of anilines is 1. The van der Waals surface area contributed by atoms with E-state index in [1.54, 1.807) is 43.5 Å². The van der Waals surface area contributed by atoms with Gasteiger partial charge in [-0.1, -0.05) is 18.2 Å². The second-order valence-electron chi connectivity index (χ2n) is 4.71. The monoisotopic (exact) mass is 299 g/mol. The van der Waals surface area contributed by atoms with E-state index in [0.29, 0.717) is 11.4 Å². The van der Waals surface area contributed by atoms with Crippen LogP contribution in [0.4, 0.5) is 5.69 Å². The van der Waals surface area contributed by atoms with Crippen molar-refractivity contribution in [1.29, 1.82) is 0 Å². The molecule has 0 fully saturated rings. The molecule has 2 rings (SSSR count). The van der Waals surface area contributed by atoms with E-state index in [9.17, 15) is 9.59 Å². The molecule has 0 bridgehead atoms. The number of rotatable bonds is 5. The van der Waals surface area contributed by atoms with E-state index in [1.807, 2.05) is 12.1 Å². The topological polar surface area (TPSA) is 64.6 Å². The van der Waals surface area contributed by atoms with Gasteiger partial charge in [-0.3, -0.25) is 9.59 Å². The molecular formula is C17H17NO4. The Balaban J connectivity index is 1.97. The average Bonchev–Trinajstić information content (AvgIpc) is 2.47. The molecule has 0 spiro atoms. The third-order valence-electron chi connectivity index (χ3n) is 2.89. The molecule has 0 radical (unpaired) electrons. The predicted octanol–water partition coefficient (Wildman–Crippen LogP) is 2.80. The minimum atomic E-state index is -0.370. The Morgan fingerprint density at radius 1 is 1.05 bits per heavy atom. The number of hydrogen-bond donors (Lipinski definition) is 1. The number of carbonyl (C=O) groups excluding carboxylic acids is 2. The molecule has 1 N–H and O–H groups in total. The van der Waals surface area contributed by atoms with Crippen LogP contribution >= 0.6 is 0 Å². The molecule has 0 saturated heterocycles. The molecule has 22 heavy (non-hydrogen) atoms. The van der Waals surface area contributed by atoms with Gasteiger partial charge in [-0.05, 0) is 29.8 Å². The van der Waals surface area contributed by atoms with E-state index < -0.39 is 0 Å². The third-order valence-corrected chi connectivity index (χ3v) is 2.89. The Hall–Kier alpha value is -2.82. The van der Waals surface area contributed by atoms with Gasteiger partial charge in [-0.2, -0.15) is 0 Å². The van der Waals surface area contributed by atoms with Gasteiger partial charge in [0.1, 0.15) is 11.5 Å². The number of benzene rings is 2. The van der Waals surface area contributed by atoms with E-state index in [2.05, 4.69) is 5.32 Å². The molecule has 0 aliphatic heterocycles. The number of carbonyl (C=O) groups is 2. The van der Waals surface area contributed by atoms with Gasteiger partial charge >= 0.3 is 5.97 Å². The van der Waals surface area contributed by atoms with Crippen molar-refractivity contribution in [2.75, 3.05) is 12.4 Å². The van der Waals surface area contributed by atoms with Crippen LogP contribution in [0.5, 0.6) is 11.5 Å². The summed E-state index contributed by atoms with van der Waals surface area (Å²) in [6, 6.07) is 13.9. The SMILES string of the molecule is COc1ccc(CC(=O)Oc2cccc(NC(C)=O)c2)cc1. The van der Waals surface area contributed by atoms with Crippen LogP contribution in [0.1, 0.15) is 12.5 Å². The van der Waals surface area contributed by atoms with Crippen molar-refractivity contribution in [1.82, 2.24) is 0 Å². The number of hydrogen-bond acceptors (Lipinski definition) is 4. The van der Waals surface area contributed by atoms with Crippen molar-refractivity contribution in [3.8, 4) is 11.5 Å². The Morgan fingerprint density at radius 3 is 2.41 bits per heavy atom. The van der Waals surface area contributed by atoms with Gasteiger partial charge in [0, 0.05) is 18.7 Å². The van der Waals surface area contributed by atoms with Gasteiger partial charge in [0.15, 0.2) is 0 Å². The molecular weight excluding hydrogens is 282 g/mol. The summed E-state index contributed by atoms with van der Waals surface area (Å²) in [5.74, 6) is 0.580. The van der Waals surface area contributed by atoms with Gasteiger partial charge in [-0.25, -0.2) is 0 Å². The predicted molar refractivity (Wildman–Crippen MR) is 83.1 cm³/mol. The summed E-state index contributed by atoms with van der Waals surface area (Å²) in [6.45, 7) is 1.42. The van der Waals surface area contributed by atoms with Crippen LogP contribution in [0, 0.1) is 0 Å². The maximum atomic E-state index is 11.9. The van der Waals surface area contributed by atoms with Crippen LogP contribution in [0.3, 0.4) is 0 Å². The highest BCUT2D eigenvalue weighted by molar-refractivity contribution is 5.89. The van der Waals surface area contributed by atoms with E-state index in [1.165, 1.54) is 6.92 Å². The standard InChI is InChI=1S/C17H17NO4/c1-12(19)18-14-4-3-5-16(11-14)22-17(20)10-13-6-8-15(21-2)9-7-13/h3-9,11H,10H2,1-2H3,(H,18,19). The lowest BCUT2D eigenvalue weighted by Crippen LogP contribution is -2.11. The first-order chi connectivity index (χ1) is 10.6. The van der Waals surface area contributed by atoms with Gasteiger partial charge in [0.25, 0.3) is 0 Å². The Labute approximate surface area is 128 Å². The molecule has 0 heterocycles. The average molecular weight is 299 g/mol. The Morgan fingerprint density at radius 2 is 1.77 bits per heavy atom. The first-order valence-electron chi connectivity index (χ1n) is 6.78. The lowest BCUT2D eigenvalue weighted by molar-refractivity contribution is -0.133. The summed E-state index contributed by atoms with van der Waals surface area (Å²) in [4.78, 5) is 22.9. The molecule has 0 saturated carbocycles. The summed E-state index contributed by atoms with van der Waals surface area (Å²) in [7, 11) is 1.59. The molecule has 5 heteroatoms. The molecule has 0 unspecified atom stereocenters. The largest absolute Gasteiger partial charge is 0.497 e. The normalized spacial score (nSPS) is 9.91. The van der Waals surface area contributed by atoms with Gasteiger partial charge in [0.2, 0.25) is 5.91 Å². The molecule has 114 valence electrons. The number of amides is 1. The molecule has 0 aliphatic rings. The molecule has 0 atom stereocenters. The minimum Gasteiger partial charge on any atom is -0.497 e. The van der Waals surface area contributed by atoms with Crippen molar-refractivity contribution in [2.45, 2.75) is 13.3 Å². The highest BCUT2D eigenvalue weighted by Gasteiger charge is 2.07. The van der Waals surface area contributed by atoms with Crippen LogP contribution in [0.2, 0.25) is 0 Å². The van der Waals surface area contributed by atoms with Crippen LogP contribution < -0.4 is 14.8 Å². The third kappa shape index (κ3) is 4.63. The molecule has 5 nitrogen and oxygen atoms in total. The smallest absolute Gasteiger partial charge is 0.315 e. The van der Waals surface area contributed by atoms with Crippen LogP contribution in [0.25, 0.3) is 0 Å². The number of methoxy groups -OCH3 is 1. The van der Waals surface area contributed by atoms with Crippen LogP contribution in [-0.4, -0.2) is 19.0 Å². The number of ether oxygens (including phenoxy) is 2. The van der Waals surface area contributed by atoms with Crippen LogP contribution in [0.15, 0.2) is 48.5 Å². The first-order valence-corrected chi connectivity index (χ1v) is 6.78. The summed E-state index contributed by atoms with van der Waals surface area (Å²) >= 11 is 0. The minimum absolute atomic E-state index is 0.161. The highest BCUT2D eigenvalue weighted by Crippen LogP contribution is 2.18. The van der Waals surface area contributed by atoms with E-state index in [0.717, 1.165) is 11.3 Å². The van der Waals surface area contributed by atoms with E-state index in [4.69, 9.17) is 9.47 Å². The molecule has 0 aromatic heterocycles. The summed E-state index contributed by atoms with van der Waals surface area (Å²) in [6.07, 6.45) is 0.161. The summed E-state index contributed by atoms with van der Waals surface area (Å²) < 4.78 is 10.3. The quantitative estimate of drug-likeness (QED) is 0.681. The van der Waals surface area contributed by atoms with Crippen molar-refractivity contribution in [3.05, 3.63) is 54.1 Å². The second-order valence-corrected chi connectivity index (χ2v) is 4.71. The fraction of sp³-hybridized carbons (Fsp3) is 0.176. The maximum Gasteiger partial charge on any atom is 0.315 e. The molecule has 1 amide bonds. The zero-order valence-electron chi connectivity index (χ0n) is 12.5. The van der Waals surface area contributed by atoms with Crippen molar-refractivity contribution < 1.29 is 19.1 Å². The first kappa shape index (κ1) is 15.6. The number of esters is 1. The molecule has 0 aliphatic carbocycles. The lowest BCUT2D eigenvalue weighted by Gasteiger charge is -2.07. The highest BCUT2D eigenvalue weighted by atomic mass is 16.5. The molecule has 2 aromatic rings. The van der Waals surface area contributed by atoms with Gasteiger partial charge in [-0.15, -0.1) is 0 Å². The maximum absolute atomic E-state index is 11.9. The van der Waals surface area contributed by atoms with Crippen molar-refractivity contribution in [3.63, 3.8) is 0 Å². The fourth-order valence-corrected chi connectivity index (χ4v) is 1.92. The van der Waals surface area contributed by atoms with Crippen LogP contribution in [-0.2, 0) is 16.0 Å². The zero-order chi connectivity index (χ0) is 15.9. The van der Waals surface area contributed by atoms with Gasteiger partial charge in [0.05, 0.1) is 13.5 Å². The van der Waals surface area contributed by atoms with Gasteiger partial charge < -0.3 is 14.8 Å². The Kier molecular flexibility index (Phi) is 5.14. The van der Waals surface area contributed by atoms with E-state index in [-0.39, 0.29) is 18.3 Å². The number of nitrogens with one attached hydrogen (secondary N) is 1. The Bertz CT molecular complexity index is 665. The van der Waals surface area contributed by atoms with Crippen molar-refractivity contribution >= 4 is 17.6 Å². The zero-order valence-corrected chi connectivity index (χ0v) is 12.5. The van der Waals surface area contributed by atoms with Crippen molar-refractivity contribution in [2.24, 2.45) is 0 Å². The lowest BCUT2D eigenvalue weighted by atomic mass is 10.1. The summed E-state index contributed by atoms with van der Waals surface area (Å²) in [5, 5.41) is 2.64.